The van der Waals surface area contributed by atoms with Gasteiger partial charge >= 0.3 is 5.92 Å². The topological polar surface area (TPSA) is 114 Å². The molecule has 0 saturated carbocycles. The van der Waals surface area contributed by atoms with Gasteiger partial charge in [0.15, 0.2) is 5.60 Å². The number of halogens is 4. The van der Waals surface area contributed by atoms with Crippen LogP contribution < -0.4 is 11.7 Å². The molecule has 1 atom stereocenters. The number of hydrogen-bond acceptors (Lipinski definition) is 6. The van der Waals surface area contributed by atoms with Crippen LogP contribution in [0.15, 0.2) is 60.0 Å². The molecule has 174 valence electrons. The van der Waals surface area contributed by atoms with Gasteiger partial charge in [0.05, 0.1) is 6.54 Å². The van der Waals surface area contributed by atoms with Gasteiger partial charge in [-0.2, -0.15) is 13.9 Å². The van der Waals surface area contributed by atoms with Gasteiger partial charge in [0.25, 0.3) is 0 Å². The highest BCUT2D eigenvalue weighted by molar-refractivity contribution is 5.53. The molecule has 3 aromatic rings. The van der Waals surface area contributed by atoms with E-state index in [9.17, 15) is 13.9 Å². The molecule has 2 heterocycles. The number of hydrogen-bond donors (Lipinski definition) is 3. The first-order chi connectivity index (χ1) is 15.6. The zero-order valence-electron chi connectivity index (χ0n) is 17.6. The van der Waals surface area contributed by atoms with Crippen molar-refractivity contribution in [2.24, 2.45) is 16.8 Å². The second-order valence-electron chi connectivity index (χ2n) is 7.53. The fraction of sp³-hybridized carbons (Fsp3) is 0.227. The average molecular weight is 462 g/mol. The molecule has 0 spiro atoms. The van der Waals surface area contributed by atoms with E-state index in [1.165, 1.54) is 12.3 Å². The van der Waals surface area contributed by atoms with Crippen LogP contribution in [0.2, 0.25) is 0 Å². The summed E-state index contributed by atoms with van der Waals surface area (Å²) in [6.45, 7) is 0.816. The molecular weight excluding hydrogens is 440 g/mol. The van der Waals surface area contributed by atoms with Crippen LogP contribution in [0.1, 0.15) is 28.1 Å². The van der Waals surface area contributed by atoms with E-state index in [-0.39, 0.29) is 0 Å². The number of nitrogens with zero attached hydrogens (tertiary/aromatic N) is 4. The van der Waals surface area contributed by atoms with Crippen LogP contribution in [0.3, 0.4) is 0 Å². The summed E-state index contributed by atoms with van der Waals surface area (Å²) in [5, 5.41) is 14.8. The minimum Gasteiger partial charge on any atom is -0.377 e. The number of benzene rings is 1. The molecule has 0 aliphatic carbocycles. The van der Waals surface area contributed by atoms with Gasteiger partial charge in [-0.15, -0.1) is 0 Å². The number of rotatable bonds is 8. The molecular formula is C22H22F4N6O. The smallest absolute Gasteiger partial charge is 0.323 e. The summed E-state index contributed by atoms with van der Waals surface area (Å²) in [6.07, 6.45) is 4.07. The zero-order chi connectivity index (χ0) is 24.2. The van der Waals surface area contributed by atoms with Crippen LogP contribution in [0.5, 0.6) is 0 Å². The third-order valence-electron chi connectivity index (χ3n) is 5.05. The number of aliphatic hydroxyl groups is 1. The van der Waals surface area contributed by atoms with Crippen molar-refractivity contribution in [1.82, 2.24) is 15.0 Å². The van der Waals surface area contributed by atoms with E-state index in [1.807, 2.05) is 19.1 Å². The van der Waals surface area contributed by atoms with Gasteiger partial charge in [0.1, 0.15) is 23.7 Å². The van der Waals surface area contributed by atoms with Gasteiger partial charge in [0, 0.05) is 36.1 Å². The van der Waals surface area contributed by atoms with Gasteiger partial charge in [0.2, 0.25) is 0 Å². The lowest BCUT2D eigenvalue weighted by Gasteiger charge is -2.37. The van der Waals surface area contributed by atoms with Gasteiger partial charge < -0.3 is 10.9 Å². The van der Waals surface area contributed by atoms with Crippen LogP contribution in [0.4, 0.5) is 17.6 Å². The Balaban J connectivity index is 1.98. The average Bonchev–Trinajstić information content (AvgIpc) is 2.75. The van der Waals surface area contributed by atoms with Crippen LogP contribution in [-0.2, 0) is 17.9 Å². The summed E-state index contributed by atoms with van der Waals surface area (Å²) in [5.74, 6) is 4.04. The Kier molecular flexibility index (Phi) is 6.94. The molecule has 0 bridgehead atoms. The van der Waals surface area contributed by atoms with Crippen molar-refractivity contribution in [2.45, 2.75) is 24.9 Å². The Morgan fingerprint density at radius 2 is 1.73 bits per heavy atom. The molecule has 33 heavy (non-hydrogen) atoms. The maximum Gasteiger partial charge on any atom is 0.323 e. The summed E-state index contributed by atoms with van der Waals surface area (Å²) in [5.41, 5.74) is -2.63. The molecule has 0 radical (unpaired) electrons. The maximum atomic E-state index is 15.6. The largest absolute Gasteiger partial charge is 0.377 e. The second kappa shape index (κ2) is 9.51. The molecule has 1 aromatic carbocycles. The summed E-state index contributed by atoms with van der Waals surface area (Å²) in [4.78, 5) is 7.99. The highest BCUT2D eigenvalue weighted by Gasteiger charge is 2.58. The van der Waals surface area contributed by atoms with Crippen molar-refractivity contribution < 1.29 is 22.7 Å². The lowest BCUT2D eigenvalue weighted by molar-refractivity contribution is -0.203. The van der Waals surface area contributed by atoms with Gasteiger partial charge in [-0.05, 0) is 42.3 Å². The standard InChI is InChI=1S/C22H22F4N6O/c1-14-2-3-15(10-29-14)8-16-4-7-20(30-11-16)22(25,26)21(33,12-32(28)13-31-27)18-6-5-17(23)9-19(18)24/h2-7,9-11,13,33H,8,12,27-28H2,1H3/b31-13-. The summed E-state index contributed by atoms with van der Waals surface area (Å²) < 4.78 is 59.1. The fourth-order valence-corrected chi connectivity index (χ4v) is 3.33. The Morgan fingerprint density at radius 3 is 2.27 bits per heavy atom. The van der Waals surface area contributed by atoms with E-state index in [0.29, 0.717) is 23.1 Å². The third kappa shape index (κ3) is 5.10. The number of hydrazine groups is 1. The molecule has 3 rings (SSSR count). The summed E-state index contributed by atoms with van der Waals surface area (Å²) >= 11 is 0. The molecule has 0 fully saturated rings. The van der Waals surface area contributed by atoms with E-state index in [4.69, 9.17) is 11.7 Å². The van der Waals surface area contributed by atoms with Crippen molar-refractivity contribution in [3.63, 3.8) is 0 Å². The third-order valence-corrected chi connectivity index (χ3v) is 5.05. The maximum absolute atomic E-state index is 15.6. The quantitative estimate of drug-likeness (QED) is 0.156. The SMILES string of the molecule is Cc1ccc(Cc2ccc(C(F)(F)C(O)(CN(N)/C=N\N)c3ccc(F)cc3F)nc2)cn1. The number of hydrazone groups is 1. The highest BCUT2D eigenvalue weighted by atomic mass is 19.3. The van der Waals surface area contributed by atoms with Crippen molar-refractivity contribution in [1.29, 1.82) is 0 Å². The van der Waals surface area contributed by atoms with Gasteiger partial charge in [-0.1, -0.05) is 12.1 Å². The minimum absolute atomic E-state index is 0.389. The normalized spacial score (nSPS) is 13.8. The van der Waals surface area contributed by atoms with Crippen molar-refractivity contribution in [2.75, 3.05) is 6.54 Å². The molecule has 0 saturated heterocycles. The predicted molar refractivity (Wildman–Crippen MR) is 114 cm³/mol. The minimum atomic E-state index is -4.14. The number of pyridine rings is 2. The summed E-state index contributed by atoms with van der Waals surface area (Å²) in [7, 11) is 0. The highest BCUT2D eigenvalue weighted by Crippen LogP contribution is 2.46. The van der Waals surface area contributed by atoms with E-state index < -0.39 is 41.0 Å². The number of aromatic nitrogens is 2. The van der Waals surface area contributed by atoms with Gasteiger partial charge in [-0.25, -0.2) is 14.6 Å². The molecule has 0 aliphatic rings. The summed E-state index contributed by atoms with van der Waals surface area (Å²) in [6, 6.07) is 8.00. The van der Waals surface area contributed by atoms with Crippen molar-refractivity contribution in [3.05, 3.63) is 94.6 Å². The number of aryl methyl sites for hydroxylation is 1. The molecule has 1 unspecified atom stereocenters. The van der Waals surface area contributed by atoms with Crippen molar-refractivity contribution >= 4 is 6.34 Å². The first-order valence-corrected chi connectivity index (χ1v) is 9.74. The fourth-order valence-electron chi connectivity index (χ4n) is 3.33. The van der Waals surface area contributed by atoms with E-state index in [0.717, 1.165) is 35.8 Å². The molecule has 5 N–H and O–H groups in total. The molecule has 0 amide bonds. The molecule has 11 heteroatoms. The first-order valence-electron chi connectivity index (χ1n) is 9.74. The van der Waals surface area contributed by atoms with E-state index in [2.05, 4.69) is 15.1 Å². The number of nitrogens with two attached hydrogens (primary N) is 2. The van der Waals surface area contributed by atoms with E-state index >= 15 is 8.78 Å². The number of alkyl halides is 2. The van der Waals surface area contributed by atoms with Crippen molar-refractivity contribution in [3.8, 4) is 0 Å². The molecule has 2 aromatic heterocycles. The van der Waals surface area contributed by atoms with Gasteiger partial charge in [-0.3, -0.25) is 15.0 Å². The molecule has 0 aliphatic heterocycles. The Morgan fingerprint density at radius 1 is 1.06 bits per heavy atom. The van der Waals surface area contributed by atoms with Crippen LogP contribution in [-0.4, -0.2) is 33.0 Å². The van der Waals surface area contributed by atoms with E-state index in [1.54, 1.807) is 6.20 Å². The van der Waals surface area contributed by atoms with Crippen LogP contribution >= 0.6 is 0 Å². The Bertz CT molecular complexity index is 1120. The van der Waals surface area contributed by atoms with Crippen LogP contribution in [0, 0.1) is 18.6 Å². The Hall–Kier alpha value is -3.57. The molecule has 7 nitrogen and oxygen atoms in total. The first kappa shape index (κ1) is 24.1. The van der Waals surface area contributed by atoms with Crippen LogP contribution in [0.25, 0.3) is 0 Å². The monoisotopic (exact) mass is 462 g/mol. The lowest BCUT2D eigenvalue weighted by atomic mass is 9.84. The second-order valence-corrected chi connectivity index (χ2v) is 7.53. The predicted octanol–water partition coefficient (Wildman–Crippen LogP) is 2.71. The Labute approximate surface area is 187 Å². The lowest BCUT2D eigenvalue weighted by Crippen LogP contribution is -2.53. The zero-order valence-corrected chi connectivity index (χ0v) is 17.6.